The summed E-state index contributed by atoms with van der Waals surface area (Å²) in [7, 11) is 0. The summed E-state index contributed by atoms with van der Waals surface area (Å²) < 4.78 is 29.2. The van der Waals surface area contributed by atoms with E-state index in [0.717, 1.165) is 16.2 Å². The summed E-state index contributed by atoms with van der Waals surface area (Å²) in [4.78, 5) is 31.1. The lowest BCUT2D eigenvalue weighted by molar-refractivity contribution is -0.119. The van der Waals surface area contributed by atoms with Gasteiger partial charge in [-0.1, -0.05) is 0 Å². The van der Waals surface area contributed by atoms with E-state index >= 15 is 0 Å². The van der Waals surface area contributed by atoms with Gasteiger partial charge in [0.05, 0.1) is 16.4 Å². The van der Waals surface area contributed by atoms with Crippen LogP contribution in [0.3, 0.4) is 0 Å². The fraction of sp³-hybridized carbons (Fsp3) is 0.200. The molecule has 0 spiro atoms. The van der Waals surface area contributed by atoms with Crippen molar-refractivity contribution in [3.05, 3.63) is 50.5 Å². The Kier molecular flexibility index (Phi) is 6.10. The van der Waals surface area contributed by atoms with Gasteiger partial charge in [0.25, 0.3) is 12.3 Å². The van der Waals surface area contributed by atoms with E-state index in [4.69, 9.17) is 5.73 Å². The van der Waals surface area contributed by atoms with Gasteiger partial charge in [-0.3, -0.25) is 14.3 Å². The average molecular weight is 540 g/mol. The lowest BCUT2D eigenvalue weighted by Crippen LogP contribution is -2.25. The van der Waals surface area contributed by atoms with Crippen LogP contribution >= 0.6 is 38.6 Å². The first-order valence-electron chi connectivity index (χ1n) is 9.28. The minimum Gasteiger partial charge on any atom is -0.365 e. The number of thiophene rings is 2. The number of pyridine rings is 1. The molecule has 3 N–H and O–H groups in total. The van der Waals surface area contributed by atoms with Crippen LogP contribution in [0.1, 0.15) is 39.6 Å². The largest absolute Gasteiger partial charge is 0.365 e. The molecular weight excluding hydrogens is 524 g/mol. The van der Waals surface area contributed by atoms with Crippen molar-refractivity contribution in [2.24, 2.45) is 5.73 Å². The number of nitrogens with zero attached hydrogens (tertiary/aromatic N) is 3. The molecule has 0 aliphatic carbocycles. The number of hydrogen-bond donors (Lipinski definition) is 2. The second-order valence-corrected chi connectivity index (χ2v) is 10.2. The summed E-state index contributed by atoms with van der Waals surface area (Å²) in [5.41, 5.74) is 5.76. The van der Waals surface area contributed by atoms with Gasteiger partial charge in [0.15, 0.2) is 0 Å². The maximum absolute atomic E-state index is 13.5. The molecule has 0 aliphatic rings. The smallest absolute Gasteiger partial charge is 0.280 e. The molecule has 0 radical (unpaired) electrons. The first-order chi connectivity index (χ1) is 15.2. The highest BCUT2D eigenvalue weighted by Crippen LogP contribution is 2.44. The monoisotopic (exact) mass is 539 g/mol. The van der Waals surface area contributed by atoms with Crippen molar-refractivity contribution in [1.29, 1.82) is 0 Å². The van der Waals surface area contributed by atoms with Crippen molar-refractivity contribution >= 4 is 66.3 Å². The molecule has 1 unspecified atom stereocenters. The number of rotatable bonds is 6. The molecule has 4 aromatic heterocycles. The molecule has 32 heavy (non-hydrogen) atoms. The van der Waals surface area contributed by atoms with E-state index in [9.17, 15) is 18.4 Å². The van der Waals surface area contributed by atoms with Crippen LogP contribution in [0.25, 0.3) is 20.7 Å². The number of alkyl halides is 2. The van der Waals surface area contributed by atoms with Gasteiger partial charge >= 0.3 is 0 Å². The summed E-state index contributed by atoms with van der Waals surface area (Å²) >= 11 is 5.57. The van der Waals surface area contributed by atoms with Crippen molar-refractivity contribution in [1.82, 2.24) is 14.8 Å². The summed E-state index contributed by atoms with van der Waals surface area (Å²) in [6.45, 7) is 3.54. The fourth-order valence-electron chi connectivity index (χ4n) is 3.17. The van der Waals surface area contributed by atoms with Crippen molar-refractivity contribution in [2.45, 2.75) is 26.3 Å². The van der Waals surface area contributed by atoms with Gasteiger partial charge < -0.3 is 11.1 Å². The van der Waals surface area contributed by atoms with Crippen LogP contribution in [0, 0.1) is 6.92 Å². The van der Waals surface area contributed by atoms with Gasteiger partial charge in [0.2, 0.25) is 5.91 Å². The highest BCUT2D eigenvalue weighted by Gasteiger charge is 2.27. The summed E-state index contributed by atoms with van der Waals surface area (Å²) in [5, 5.41) is 7.27. The van der Waals surface area contributed by atoms with Crippen molar-refractivity contribution in [3.8, 4) is 10.4 Å². The van der Waals surface area contributed by atoms with E-state index in [1.807, 2.05) is 13.0 Å². The van der Waals surface area contributed by atoms with E-state index in [1.54, 1.807) is 25.4 Å². The zero-order valence-corrected chi connectivity index (χ0v) is 19.9. The van der Waals surface area contributed by atoms with E-state index in [1.165, 1.54) is 22.1 Å². The average Bonchev–Trinajstić information content (AvgIpc) is 3.45. The number of nitrogens with one attached hydrogen (secondary N) is 1. The quantitative estimate of drug-likeness (QED) is 0.336. The third-order valence-electron chi connectivity index (χ3n) is 4.73. The molecule has 7 nitrogen and oxygen atoms in total. The van der Waals surface area contributed by atoms with Crippen LogP contribution in [0.2, 0.25) is 0 Å². The molecule has 0 aliphatic heterocycles. The topological polar surface area (TPSA) is 103 Å². The predicted molar refractivity (Wildman–Crippen MR) is 124 cm³/mol. The van der Waals surface area contributed by atoms with Crippen LogP contribution in [-0.4, -0.2) is 26.6 Å². The number of carbonyl (C=O) groups is 2. The lowest BCUT2D eigenvalue weighted by Gasteiger charge is -2.14. The number of nitrogens with two attached hydrogens (primary N) is 1. The molecule has 4 aromatic rings. The Morgan fingerprint density at radius 3 is 2.59 bits per heavy atom. The maximum atomic E-state index is 13.5. The molecule has 2 amide bonds. The predicted octanol–water partition coefficient (Wildman–Crippen LogP) is 5.53. The minimum absolute atomic E-state index is 0.0376. The third-order valence-corrected chi connectivity index (χ3v) is 7.27. The minimum atomic E-state index is -2.80. The summed E-state index contributed by atoms with van der Waals surface area (Å²) in [5.74, 6) is -1.24. The molecule has 0 aromatic carbocycles. The Balaban J connectivity index is 1.89. The van der Waals surface area contributed by atoms with Crippen LogP contribution < -0.4 is 11.1 Å². The SMILES string of the molecule is Cc1ccc(-c2cc(C(F)F)nc3sc(C(N)=O)c(NC(=O)C(C)n4cc(Br)cn4)c23)s1. The Hall–Kier alpha value is -2.70. The van der Waals surface area contributed by atoms with Crippen molar-refractivity contribution < 1.29 is 18.4 Å². The summed E-state index contributed by atoms with van der Waals surface area (Å²) in [6.07, 6.45) is 0.391. The third kappa shape index (κ3) is 4.17. The number of hydrogen-bond acceptors (Lipinski definition) is 6. The molecule has 12 heteroatoms. The van der Waals surface area contributed by atoms with Gasteiger partial charge in [-0.05, 0) is 48.0 Å². The molecule has 0 bridgehead atoms. The van der Waals surface area contributed by atoms with E-state index in [-0.39, 0.29) is 15.4 Å². The van der Waals surface area contributed by atoms with Gasteiger partial charge in [-0.15, -0.1) is 22.7 Å². The highest BCUT2D eigenvalue weighted by atomic mass is 79.9. The first-order valence-corrected chi connectivity index (χ1v) is 11.7. The molecular formula is C20H16BrF2N5O2S2. The number of aromatic nitrogens is 3. The zero-order chi connectivity index (χ0) is 23.2. The first kappa shape index (κ1) is 22.5. The van der Waals surface area contributed by atoms with Crippen LogP contribution in [-0.2, 0) is 4.79 Å². The number of aryl methyl sites for hydroxylation is 1. The van der Waals surface area contributed by atoms with Gasteiger partial charge in [0.1, 0.15) is 21.4 Å². The molecule has 4 heterocycles. The van der Waals surface area contributed by atoms with E-state index < -0.39 is 30.0 Å². The van der Waals surface area contributed by atoms with Crippen molar-refractivity contribution in [3.63, 3.8) is 0 Å². The zero-order valence-electron chi connectivity index (χ0n) is 16.7. The Labute approximate surface area is 197 Å². The molecule has 4 rings (SSSR count). The molecule has 0 saturated heterocycles. The van der Waals surface area contributed by atoms with Crippen LogP contribution in [0.4, 0.5) is 14.5 Å². The van der Waals surface area contributed by atoms with E-state index in [0.29, 0.717) is 20.3 Å². The van der Waals surface area contributed by atoms with Gasteiger partial charge in [0, 0.05) is 26.9 Å². The van der Waals surface area contributed by atoms with E-state index in [2.05, 4.69) is 31.3 Å². The second-order valence-electron chi connectivity index (χ2n) is 6.96. The Bertz CT molecular complexity index is 1350. The van der Waals surface area contributed by atoms with Gasteiger partial charge in [-0.2, -0.15) is 5.10 Å². The number of anilines is 1. The Morgan fingerprint density at radius 1 is 1.28 bits per heavy atom. The van der Waals surface area contributed by atoms with Crippen molar-refractivity contribution in [2.75, 3.05) is 5.32 Å². The number of primary amides is 1. The highest BCUT2D eigenvalue weighted by molar-refractivity contribution is 9.10. The maximum Gasteiger partial charge on any atom is 0.280 e. The molecule has 0 fully saturated rings. The molecule has 166 valence electrons. The Morgan fingerprint density at radius 2 is 2.03 bits per heavy atom. The molecule has 1 atom stereocenters. The lowest BCUT2D eigenvalue weighted by atomic mass is 10.1. The standard InChI is InChI=1S/C20H16BrF2N5O2S2/c1-8-3-4-13(31-8)11-5-12(17(22)23)26-20-14(11)15(16(32-20)18(24)29)27-19(30)9(2)28-7-10(21)6-25-28/h3-7,9,17H,1-2H3,(H2,24,29)(H,27,30). The number of halogens is 3. The normalized spacial score (nSPS) is 12.4. The summed E-state index contributed by atoms with van der Waals surface area (Å²) in [6, 6.07) is 4.25. The second kappa shape index (κ2) is 8.68. The number of carbonyl (C=O) groups excluding carboxylic acids is 2. The van der Waals surface area contributed by atoms with Crippen LogP contribution in [0.5, 0.6) is 0 Å². The van der Waals surface area contributed by atoms with Crippen LogP contribution in [0.15, 0.2) is 35.1 Å². The number of amides is 2. The fourth-order valence-corrected chi connectivity index (χ4v) is 5.38. The van der Waals surface area contributed by atoms with Gasteiger partial charge in [-0.25, -0.2) is 13.8 Å². The number of fused-ring (bicyclic) bond motifs is 1. The molecule has 0 saturated carbocycles.